The minimum Gasteiger partial charge on any atom is -0.325 e. The van der Waals surface area contributed by atoms with Crippen LogP contribution in [0, 0.1) is 6.92 Å². The maximum absolute atomic E-state index is 11.9. The third kappa shape index (κ3) is 2.70. The highest BCUT2D eigenvalue weighted by Gasteiger charge is 2.07. The number of hydrogen-bond acceptors (Lipinski definition) is 4. The zero-order valence-electron chi connectivity index (χ0n) is 11.0. The molecule has 0 spiro atoms. The van der Waals surface area contributed by atoms with Crippen LogP contribution in [0.1, 0.15) is 17.7 Å². The summed E-state index contributed by atoms with van der Waals surface area (Å²) in [5.74, 6) is -0.00139. The van der Waals surface area contributed by atoms with E-state index in [0.29, 0.717) is 17.8 Å². The van der Waals surface area contributed by atoms with Crippen LogP contribution in [-0.4, -0.2) is 21.1 Å². The second-order valence-electron chi connectivity index (χ2n) is 4.62. The minimum atomic E-state index is -0.00139. The predicted octanol–water partition coefficient (Wildman–Crippen LogP) is 2.90. The Balaban J connectivity index is 1.66. The third-order valence-electron chi connectivity index (χ3n) is 3.10. The van der Waals surface area contributed by atoms with E-state index in [1.165, 1.54) is 5.56 Å². The van der Waals surface area contributed by atoms with Crippen LogP contribution in [0.4, 0.5) is 5.69 Å². The highest BCUT2D eigenvalue weighted by Crippen LogP contribution is 2.18. The second-order valence-corrected chi connectivity index (χ2v) is 5.40. The normalized spacial score (nSPS) is 10.8. The van der Waals surface area contributed by atoms with Gasteiger partial charge < -0.3 is 5.32 Å². The van der Waals surface area contributed by atoms with Crippen molar-refractivity contribution in [3.8, 4) is 0 Å². The van der Waals surface area contributed by atoms with E-state index in [1.807, 2.05) is 24.4 Å². The fourth-order valence-electron chi connectivity index (χ4n) is 2.00. The van der Waals surface area contributed by atoms with Crippen LogP contribution in [-0.2, 0) is 11.2 Å². The Bertz CT molecular complexity index is 733. The van der Waals surface area contributed by atoms with Crippen molar-refractivity contribution in [2.24, 2.45) is 0 Å². The van der Waals surface area contributed by atoms with E-state index in [4.69, 9.17) is 0 Å². The number of aromatic amines is 1. The van der Waals surface area contributed by atoms with Gasteiger partial charge in [0, 0.05) is 17.5 Å². The van der Waals surface area contributed by atoms with Crippen LogP contribution in [0.2, 0.25) is 0 Å². The number of amides is 1. The van der Waals surface area contributed by atoms with Gasteiger partial charge >= 0.3 is 0 Å². The number of nitrogens with one attached hydrogen (secondary N) is 2. The Morgan fingerprint density at radius 2 is 2.40 bits per heavy atom. The molecule has 20 heavy (non-hydrogen) atoms. The van der Waals surface area contributed by atoms with E-state index in [9.17, 15) is 4.79 Å². The first-order valence-electron chi connectivity index (χ1n) is 6.34. The number of anilines is 1. The molecule has 6 heteroatoms. The van der Waals surface area contributed by atoms with E-state index in [-0.39, 0.29) is 5.91 Å². The second kappa shape index (κ2) is 5.42. The number of aryl methyl sites for hydroxylation is 2. The molecule has 0 saturated carbocycles. The van der Waals surface area contributed by atoms with Crippen LogP contribution in [0.25, 0.3) is 11.0 Å². The minimum absolute atomic E-state index is 0.00139. The van der Waals surface area contributed by atoms with Gasteiger partial charge in [-0.25, -0.2) is 4.98 Å². The number of pyridine rings is 1. The van der Waals surface area contributed by atoms with Crippen molar-refractivity contribution in [3.63, 3.8) is 0 Å². The molecule has 1 amide bonds. The average Bonchev–Trinajstić information content (AvgIpc) is 3.07. The molecular weight excluding hydrogens is 272 g/mol. The predicted molar refractivity (Wildman–Crippen MR) is 79.9 cm³/mol. The highest BCUT2D eigenvalue weighted by atomic mass is 32.1. The van der Waals surface area contributed by atoms with Crippen molar-refractivity contribution < 1.29 is 4.79 Å². The van der Waals surface area contributed by atoms with E-state index >= 15 is 0 Å². The largest absolute Gasteiger partial charge is 0.325 e. The molecule has 102 valence electrons. The topological polar surface area (TPSA) is 70.7 Å². The number of carbonyl (C=O) groups is 1. The van der Waals surface area contributed by atoms with Gasteiger partial charge in [-0.15, -0.1) is 0 Å². The number of nitrogens with zero attached hydrogens (tertiary/aromatic N) is 2. The molecule has 0 unspecified atom stereocenters. The molecule has 3 aromatic heterocycles. The molecule has 0 aliphatic rings. The first-order valence-corrected chi connectivity index (χ1v) is 7.28. The molecule has 0 aromatic carbocycles. The number of thiophene rings is 1. The summed E-state index contributed by atoms with van der Waals surface area (Å²) in [6.45, 7) is 1.93. The van der Waals surface area contributed by atoms with Crippen molar-refractivity contribution in [1.82, 2.24) is 15.2 Å². The van der Waals surface area contributed by atoms with Gasteiger partial charge in [-0.1, -0.05) is 0 Å². The van der Waals surface area contributed by atoms with Gasteiger partial charge in [0.1, 0.15) is 0 Å². The number of carbonyl (C=O) groups excluding carboxylic acids is 1. The van der Waals surface area contributed by atoms with Gasteiger partial charge in [0.2, 0.25) is 5.91 Å². The Morgan fingerprint density at radius 1 is 1.50 bits per heavy atom. The van der Waals surface area contributed by atoms with Crippen LogP contribution in [0.15, 0.2) is 29.1 Å². The lowest BCUT2D eigenvalue weighted by molar-refractivity contribution is -0.116. The van der Waals surface area contributed by atoms with Crippen molar-refractivity contribution in [2.75, 3.05) is 5.32 Å². The molecule has 0 bridgehead atoms. The third-order valence-corrected chi connectivity index (χ3v) is 3.84. The lowest BCUT2D eigenvalue weighted by Gasteiger charge is -2.04. The molecule has 3 aromatic rings. The van der Waals surface area contributed by atoms with Gasteiger partial charge in [0.15, 0.2) is 5.65 Å². The number of H-pyrrole nitrogens is 1. The van der Waals surface area contributed by atoms with E-state index in [0.717, 1.165) is 17.5 Å². The lowest BCUT2D eigenvalue weighted by atomic mass is 10.2. The van der Waals surface area contributed by atoms with E-state index in [2.05, 4.69) is 25.9 Å². The summed E-state index contributed by atoms with van der Waals surface area (Å²) >= 11 is 1.65. The number of hydrogen-bond donors (Lipinski definition) is 2. The summed E-state index contributed by atoms with van der Waals surface area (Å²) in [4.78, 5) is 16.1. The zero-order valence-corrected chi connectivity index (χ0v) is 11.8. The van der Waals surface area contributed by atoms with Gasteiger partial charge in [0.25, 0.3) is 0 Å². The highest BCUT2D eigenvalue weighted by molar-refractivity contribution is 7.07. The van der Waals surface area contributed by atoms with Crippen molar-refractivity contribution in [2.45, 2.75) is 19.8 Å². The summed E-state index contributed by atoms with van der Waals surface area (Å²) in [6, 6.07) is 3.93. The van der Waals surface area contributed by atoms with Crippen LogP contribution < -0.4 is 5.32 Å². The molecule has 5 nitrogen and oxygen atoms in total. The molecule has 0 aliphatic heterocycles. The number of rotatable bonds is 4. The number of fused-ring (bicyclic) bond motifs is 1. The Labute approximate surface area is 120 Å². The standard InChI is InChI=1S/C14H14N4OS/c1-9-12-6-11(7-15-14(12)18-17-9)16-13(19)3-2-10-4-5-20-8-10/h4-8H,2-3H2,1H3,(H,16,19)(H,15,17,18). The van der Waals surface area contributed by atoms with Gasteiger partial charge in [-0.3, -0.25) is 9.89 Å². The van der Waals surface area contributed by atoms with Crippen molar-refractivity contribution in [3.05, 3.63) is 40.3 Å². The van der Waals surface area contributed by atoms with Crippen molar-refractivity contribution >= 4 is 34.0 Å². The summed E-state index contributed by atoms with van der Waals surface area (Å²) in [5, 5.41) is 14.8. The van der Waals surface area contributed by atoms with Gasteiger partial charge in [-0.2, -0.15) is 16.4 Å². The smallest absolute Gasteiger partial charge is 0.224 e. The summed E-state index contributed by atoms with van der Waals surface area (Å²) in [7, 11) is 0. The molecule has 0 radical (unpaired) electrons. The average molecular weight is 286 g/mol. The van der Waals surface area contributed by atoms with Crippen LogP contribution in [0.3, 0.4) is 0 Å². The van der Waals surface area contributed by atoms with Crippen molar-refractivity contribution in [1.29, 1.82) is 0 Å². The molecule has 0 fully saturated rings. The first kappa shape index (κ1) is 12.8. The molecule has 2 N–H and O–H groups in total. The Morgan fingerprint density at radius 3 is 3.20 bits per heavy atom. The maximum atomic E-state index is 11.9. The van der Waals surface area contributed by atoms with Gasteiger partial charge in [0.05, 0.1) is 11.9 Å². The monoisotopic (exact) mass is 286 g/mol. The molecular formula is C14H14N4OS. The fourth-order valence-corrected chi connectivity index (χ4v) is 2.71. The maximum Gasteiger partial charge on any atom is 0.224 e. The van der Waals surface area contributed by atoms with E-state index < -0.39 is 0 Å². The molecule has 3 heterocycles. The quantitative estimate of drug-likeness (QED) is 0.774. The van der Waals surface area contributed by atoms with Crippen LogP contribution in [0.5, 0.6) is 0 Å². The molecule has 0 saturated heterocycles. The lowest BCUT2D eigenvalue weighted by Crippen LogP contribution is -2.12. The molecule has 0 atom stereocenters. The SMILES string of the molecule is Cc1[nH]nc2ncc(NC(=O)CCc3ccsc3)cc12. The zero-order chi connectivity index (χ0) is 13.9. The molecule has 0 aliphatic carbocycles. The van der Waals surface area contributed by atoms with Gasteiger partial charge in [-0.05, 0) is 41.8 Å². The molecule has 3 rings (SSSR count). The summed E-state index contributed by atoms with van der Waals surface area (Å²) in [6.07, 6.45) is 2.86. The Kier molecular flexibility index (Phi) is 3.47. The first-order chi connectivity index (χ1) is 9.72. The fraction of sp³-hybridized carbons (Fsp3) is 0.214. The van der Waals surface area contributed by atoms with E-state index in [1.54, 1.807) is 17.5 Å². The van der Waals surface area contributed by atoms with Crippen LogP contribution >= 0.6 is 11.3 Å². The number of aromatic nitrogens is 3. The Hall–Kier alpha value is -2.21. The summed E-state index contributed by atoms with van der Waals surface area (Å²) < 4.78 is 0. The summed E-state index contributed by atoms with van der Waals surface area (Å²) in [5.41, 5.74) is 3.52.